The van der Waals surface area contributed by atoms with Crippen LogP contribution >= 0.6 is 0 Å². The summed E-state index contributed by atoms with van der Waals surface area (Å²) < 4.78 is 28.6. The first-order valence-electron chi connectivity index (χ1n) is 7.54. The standard InChI is InChI=1S/C14H30N2O3S/c1-5-20(17,18)12-6-7-13(15-4)14(2,3)16-8-10-19-11-9-16/h13,15H,5-12H2,1-4H3. The van der Waals surface area contributed by atoms with Gasteiger partial charge in [-0.25, -0.2) is 8.42 Å². The minimum Gasteiger partial charge on any atom is -0.379 e. The molecule has 1 aliphatic heterocycles. The fourth-order valence-electron chi connectivity index (χ4n) is 2.86. The second-order valence-electron chi connectivity index (χ2n) is 5.97. The summed E-state index contributed by atoms with van der Waals surface area (Å²) in [6, 6.07) is 0.285. The Kier molecular flexibility index (Phi) is 6.91. The number of sulfone groups is 1. The molecule has 20 heavy (non-hydrogen) atoms. The van der Waals surface area contributed by atoms with Crippen molar-refractivity contribution in [3.63, 3.8) is 0 Å². The van der Waals surface area contributed by atoms with Crippen LogP contribution in [0.5, 0.6) is 0 Å². The van der Waals surface area contributed by atoms with Crippen LogP contribution in [0.15, 0.2) is 0 Å². The normalized spacial score (nSPS) is 20.0. The van der Waals surface area contributed by atoms with Gasteiger partial charge in [-0.15, -0.1) is 0 Å². The lowest BCUT2D eigenvalue weighted by Gasteiger charge is -2.46. The molecule has 1 atom stereocenters. The first kappa shape index (κ1) is 17.9. The number of rotatable bonds is 8. The fraction of sp³-hybridized carbons (Fsp3) is 1.00. The maximum absolute atomic E-state index is 11.6. The molecule has 1 fully saturated rings. The first-order valence-corrected chi connectivity index (χ1v) is 9.36. The molecule has 1 unspecified atom stereocenters. The Balaban J connectivity index is 2.55. The van der Waals surface area contributed by atoms with Gasteiger partial charge in [-0.2, -0.15) is 0 Å². The molecule has 0 bridgehead atoms. The third-order valence-electron chi connectivity index (χ3n) is 4.42. The van der Waals surface area contributed by atoms with Crippen molar-refractivity contribution < 1.29 is 13.2 Å². The number of likely N-dealkylation sites (N-methyl/N-ethyl adjacent to an activating group) is 1. The lowest BCUT2D eigenvalue weighted by atomic mass is 9.89. The molecule has 1 rings (SSSR count). The van der Waals surface area contributed by atoms with Crippen LogP contribution in [-0.2, 0) is 14.6 Å². The third kappa shape index (κ3) is 4.98. The molecule has 1 heterocycles. The molecule has 0 radical (unpaired) electrons. The van der Waals surface area contributed by atoms with Crippen LogP contribution in [0, 0.1) is 0 Å². The van der Waals surface area contributed by atoms with Gasteiger partial charge in [0.05, 0.1) is 19.0 Å². The van der Waals surface area contributed by atoms with Crippen molar-refractivity contribution in [2.24, 2.45) is 0 Å². The molecule has 0 spiro atoms. The second-order valence-corrected chi connectivity index (χ2v) is 8.45. The van der Waals surface area contributed by atoms with E-state index in [1.54, 1.807) is 6.92 Å². The van der Waals surface area contributed by atoms with Gasteiger partial charge in [-0.05, 0) is 33.7 Å². The van der Waals surface area contributed by atoms with Crippen molar-refractivity contribution in [1.82, 2.24) is 10.2 Å². The van der Waals surface area contributed by atoms with E-state index in [0.29, 0.717) is 5.75 Å². The van der Waals surface area contributed by atoms with E-state index in [4.69, 9.17) is 4.74 Å². The molecule has 1 aliphatic rings. The molecule has 1 saturated heterocycles. The molecule has 120 valence electrons. The Bertz CT molecular complexity index is 376. The number of hydrogen-bond donors (Lipinski definition) is 1. The van der Waals surface area contributed by atoms with Gasteiger partial charge in [0.15, 0.2) is 0 Å². The summed E-state index contributed by atoms with van der Waals surface area (Å²) in [5, 5.41) is 3.37. The van der Waals surface area contributed by atoms with E-state index in [9.17, 15) is 8.42 Å². The topological polar surface area (TPSA) is 58.6 Å². The fourth-order valence-corrected chi connectivity index (χ4v) is 3.76. The zero-order valence-electron chi connectivity index (χ0n) is 13.3. The molecule has 5 nitrogen and oxygen atoms in total. The van der Waals surface area contributed by atoms with Crippen molar-refractivity contribution in [1.29, 1.82) is 0 Å². The van der Waals surface area contributed by atoms with Gasteiger partial charge in [0.1, 0.15) is 9.84 Å². The molecular formula is C14H30N2O3S. The molecule has 0 aromatic carbocycles. The summed E-state index contributed by atoms with van der Waals surface area (Å²) in [6.45, 7) is 9.62. The number of hydrogen-bond acceptors (Lipinski definition) is 5. The van der Waals surface area contributed by atoms with E-state index in [0.717, 1.165) is 39.1 Å². The van der Waals surface area contributed by atoms with Crippen molar-refractivity contribution in [2.75, 3.05) is 44.9 Å². The largest absolute Gasteiger partial charge is 0.379 e. The Morgan fingerprint density at radius 2 is 1.90 bits per heavy atom. The van der Waals surface area contributed by atoms with E-state index in [2.05, 4.69) is 24.1 Å². The monoisotopic (exact) mass is 306 g/mol. The zero-order valence-corrected chi connectivity index (χ0v) is 14.1. The molecule has 6 heteroatoms. The van der Waals surface area contributed by atoms with E-state index in [-0.39, 0.29) is 17.3 Å². The summed E-state index contributed by atoms with van der Waals surface area (Å²) in [5.41, 5.74) is 0.00844. The van der Waals surface area contributed by atoms with Crippen LogP contribution in [0.25, 0.3) is 0 Å². The van der Waals surface area contributed by atoms with Crippen molar-refractivity contribution >= 4 is 9.84 Å². The summed E-state index contributed by atoms with van der Waals surface area (Å²) in [7, 11) is -0.896. The number of morpholine rings is 1. The van der Waals surface area contributed by atoms with Crippen molar-refractivity contribution in [3.8, 4) is 0 Å². The maximum Gasteiger partial charge on any atom is 0.150 e. The predicted octanol–water partition coefficient (Wildman–Crippen LogP) is 0.900. The average molecular weight is 306 g/mol. The quantitative estimate of drug-likeness (QED) is 0.722. The van der Waals surface area contributed by atoms with Crippen LogP contribution in [0.3, 0.4) is 0 Å². The van der Waals surface area contributed by atoms with Crippen molar-refractivity contribution in [3.05, 3.63) is 0 Å². The van der Waals surface area contributed by atoms with E-state index in [1.165, 1.54) is 0 Å². The molecule has 0 amide bonds. The predicted molar refractivity (Wildman–Crippen MR) is 82.9 cm³/mol. The molecule has 0 aromatic heterocycles. The van der Waals surface area contributed by atoms with E-state index < -0.39 is 9.84 Å². The molecular weight excluding hydrogens is 276 g/mol. The average Bonchev–Trinajstić information content (AvgIpc) is 2.44. The molecule has 0 saturated carbocycles. The van der Waals surface area contributed by atoms with Gasteiger partial charge in [-0.3, -0.25) is 4.90 Å². The van der Waals surface area contributed by atoms with E-state index in [1.807, 2.05) is 7.05 Å². The summed E-state index contributed by atoms with van der Waals surface area (Å²) >= 11 is 0. The minimum atomic E-state index is -2.86. The Hall–Kier alpha value is -0.170. The third-order valence-corrected chi connectivity index (χ3v) is 6.21. The van der Waals surface area contributed by atoms with Crippen LogP contribution in [-0.4, -0.2) is 69.8 Å². The lowest BCUT2D eigenvalue weighted by molar-refractivity contribution is -0.0234. The zero-order chi connectivity index (χ0) is 15.2. The number of ether oxygens (including phenoxy) is 1. The Morgan fingerprint density at radius 1 is 1.30 bits per heavy atom. The first-order chi connectivity index (χ1) is 9.33. The van der Waals surface area contributed by atoms with Gasteiger partial charge in [-0.1, -0.05) is 6.92 Å². The molecule has 1 N–H and O–H groups in total. The van der Waals surface area contributed by atoms with Crippen molar-refractivity contribution in [2.45, 2.75) is 45.2 Å². The van der Waals surface area contributed by atoms with Crippen LogP contribution in [0.4, 0.5) is 0 Å². The Labute approximate surface area is 124 Å². The number of nitrogens with one attached hydrogen (secondary N) is 1. The smallest absolute Gasteiger partial charge is 0.150 e. The van der Waals surface area contributed by atoms with Crippen LogP contribution < -0.4 is 5.32 Å². The number of nitrogens with zero attached hydrogens (tertiary/aromatic N) is 1. The SMILES string of the molecule is CCS(=O)(=O)CCCC(NC)C(C)(C)N1CCOCC1. The van der Waals surface area contributed by atoms with Gasteiger partial charge in [0.2, 0.25) is 0 Å². The van der Waals surface area contributed by atoms with Gasteiger partial charge < -0.3 is 10.1 Å². The Morgan fingerprint density at radius 3 is 2.40 bits per heavy atom. The maximum atomic E-state index is 11.6. The van der Waals surface area contributed by atoms with Gasteiger partial charge >= 0.3 is 0 Å². The van der Waals surface area contributed by atoms with Crippen LogP contribution in [0.1, 0.15) is 33.6 Å². The van der Waals surface area contributed by atoms with Gasteiger partial charge in [0.25, 0.3) is 0 Å². The van der Waals surface area contributed by atoms with Gasteiger partial charge in [0, 0.05) is 30.4 Å². The highest BCUT2D eigenvalue weighted by molar-refractivity contribution is 7.91. The summed E-state index contributed by atoms with van der Waals surface area (Å²) in [6.07, 6.45) is 1.59. The summed E-state index contributed by atoms with van der Waals surface area (Å²) in [5.74, 6) is 0.533. The highest BCUT2D eigenvalue weighted by Crippen LogP contribution is 2.23. The minimum absolute atomic E-state index is 0.00844. The second kappa shape index (κ2) is 7.73. The summed E-state index contributed by atoms with van der Waals surface area (Å²) in [4.78, 5) is 2.44. The highest BCUT2D eigenvalue weighted by Gasteiger charge is 2.35. The highest BCUT2D eigenvalue weighted by atomic mass is 32.2. The lowest BCUT2D eigenvalue weighted by Crippen LogP contribution is -2.59. The van der Waals surface area contributed by atoms with Crippen LogP contribution in [0.2, 0.25) is 0 Å². The van der Waals surface area contributed by atoms with E-state index >= 15 is 0 Å². The molecule has 0 aromatic rings. The molecule has 0 aliphatic carbocycles.